The highest BCUT2D eigenvalue weighted by Gasteiger charge is 2.23. The minimum absolute atomic E-state index is 0.0432. The van der Waals surface area contributed by atoms with Gasteiger partial charge in [0, 0.05) is 5.56 Å². The maximum Gasteiger partial charge on any atom is 0.339 e. The van der Waals surface area contributed by atoms with Gasteiger partial charge < -0.3 is 4.74 Å². The van der Waals surface area contributed by atoms with Gasteiger partial charge in [0.25, 0.3) is 0 Å². The van der Waals surface area contributed by atoms with Gasteiger partial charge in [0.05, 0.1) is 11.3 Å². The summed E-state index contributed by atoms with van der Waals surface area (Å²) in [5.41, 5.74) is 1.08. The molecule has 0 unspecified atom stereocenters. The number of hydrogen-bond donors (Lipinski definition) is 1. The molecule has 1 saturated carbocycles. The first-order valence-electron chi connectivity index (χ1n) is 6.94. The van der Waals surface area contributed by atoms with Crippen molar-refractivity contribution >= 4 is 17.7 Å². The van der Waals surface area contributed by atoms with Crippen molar-refractivity contribution in [2.24, 2.45) is 4.99 Å². The van der Waals surface area contributed by atoms with Crippen LogP contribution in [0.3, 0.4) is 0 Å². The molecular formula is C14H13N5O3. The van der Waals surface area contributed by atoms with Crippen LogP contribution in [-0.4, -0.2) is 38.8 Å². The molecule has 1 heterocycles. The molecule has 0 saturated heterocycles. The van der Waals surface area contributed by atoms with Gasteiger partial charge in [0.1, 0.15) is 6.10 Å². The van der Waals surface area contributed by atoms with E-state index in [1.54, 1.807) is 12.1 Å². The number of benzene rings is 1. The van der Waals surface area contributed by atoms with Crippen LogP contribution in [0.2, 0.25) is 0 Å². The van der Waals surface area contributed by atoms with Crippen molar-refractivity contribution in [3.8, 4) is 11.4 Å². The van der Waals surface area contributed by atoms with Gasteiger partial charge in [-0.15, -0.1) is 10.2 Å². The Morgan fingerprint density at radius 2 is 2.18 bits per heavy atom. The van der Waals surface area contributed by atoms with Crippen molar-refractivity contribution in [3.63, 3.8) is 0 Å². The molecule has 1 N–H and O–H groups in total. The van der Waals surface area contributed by atoms with Crippen LogP contribution in [0.1, 0.15) is 36.0 Å². The monoisotopic (exact) mass is 299 g/mol. The fourth-order valence-electron chi connectivity index (χ4n) is 2.51. The topological polar surface area (TPSA) is 110 Å². The Balaban J connectivity index is 1.95. The second kappa shape index (κ2) is 6.28. The summed E-state index contributed by atoms with van der Waals surface area (Å²) in [6.07, 6.45) is 5.33. The molecule has 22 heavy (non-hydrogen) atoms. The van der Waals surface area contributed by atoms with Crippen molar-refractivity contribution in [3.05, 3.63) is 23.8 Å². The van der Waals surface area contributed by atoms with E-state index in [2.05, 4.69) is 25.6 Å². The van der Waals surface area contributed by atoms with Crippen molar-refractivity contribution in [2.75, 3.05) is 0 Å². The Morgan fingerprint density at radius 3 is 2.86 bits per heavy atom. The van der Waals surface area contributed by atoms with Gasteiger partial charge in [0.2, 0.25) is 11.9 Å². The van der Waals surface area contributed by atoms with E-state index in [-0.39, 0.29) is 11.9 Å². The predicted molar refractivity (Wildman–Crippen MR) is 75.1 cm³/mol. The number of isocyanates is 1. The lowest BCUT2D eigenvalue weighted by Gasteiger charge is -2.13. The lowest BCUT2D eigenvalue weighted by atomic mass is 10.1. The maximum absolute atomic E-state index is 12.4. The summed E-state index contributed by atoms with van der Waals surface area (Å²) in [5.74, 6) is -0.199. The number of nitrogens with one attached hydrogen (secondary N) is 1. The highest BCUT2D eigenvalue weighted by atomic mass is 16.5. The average Bonchev–Trinajstić information content (AvgIpc) is 3.21. The Bertz CT molecular complexity index is 716. The summed E-state index contributed by atoms with van der Waals surface area (Å²) in [6.45, 7) is 0. The molecule has 0 spiro atoms. The standard InChI is InChI=1S/C14H13N5O3/c20-8-15-9-5-6-11(12(7-9)13-16-18-19-17-13)14(21)22-10-3-1-2-4-10/h5-7,10H,1-4H2,(H,16,17,18,19). The molecular weight excluding hydrogens is 286 g/mol. The normalized spacial score (nSPS) is 14.5. The number of carbonyl (C=O) groups excluding carboxylic acids is 2. The molecule has 0 amide bonds. The molecule has 1 aliphatic carbocycles. The van der Waals surface area contributed by atoms with Crippen LogP contribution >= 0.6 is 0 Å². The summed E-state index contributed by atoms with van der Waals surface area (Å²) in [7, 11) is 0. The van der Waals surface area contributed by atoms with Crippen LogP contribution in [0.15, 0.2) is 23.2 Å². The third kappa shape index (κ3) is 2.91. The van der Waals surface area contributed by atoms with Gasteiger partial charge in [-0.05, 0) is 49.1 Å². The first-order chi connectivity index (χ1) is 10.8. The third-order valence-electron chi connectivity index (χ3n) is 3.56. The molecule has 0 radical (unpaired) electrons. The number of aromatic amines is 1. The zero-order valence-corrected chi connectivity index (χ0v) is 11.7. The highest BCUT2D eigenvalue weighted by Crippen LogP contribution is 2.28. The number of nitrogens with zero attached hydrogens (tertiary/aromatic N) is 4. The van der Waals surface area contributed by atoms with Crippen LogP contribution in [0.5, 0.6) is 0 Å². The van der Waals surface area contributed by atoms with Crippen molar-refractivity contribution in [1.29, 1.82) is 0 Å². The summed E-state index contributed by atoms with van der Waals surface area (Å²) in [4.78, 5) is 26.3. The van der Waals surface area contributed by atoms with E-state index in [0.29, 0.717) is 16.8 Å². The molecule has 1 aromatic carbocycles. The van der Waals surface area contributed by atoms with Crippen LogP contribution < -0.4 is 0 Å². The second-order valence-corrected chi connectivity index (χ2v) is 4.98. The van der Waals surface area contributed by atoms with E-state index in [0.717, 1.165) is 25.7 Å². The highest BCUT2D eigenvalue weighted by molar-refractivity contribution is 5.97. The van der Waals surface area contributed by atoms with E-state index in [1.165, 1.54) is 12.1 Å². The van der Waals surface area contributed by atoms with E-state index >= 15 is 0 Å². The van der Waals surface area contributed by atoms with Crippen molar-refractivity contribution in [1.82, 2.24) is 20.6 Å². The molecule has 3 rings (SSSR count). The minimum atomic E-state index is -0.437. The van der Waals surface area contributed by atoms with Gasteiger partial charge >= 0.3 is 5.97 Å². The average molecular weight is 299 g/mol. The molecule has 0 aliphatic heterocycles. The number of carbonyl (C=O) groups is 1. The van der Waals surface area contributed by atoms with E-state index < -0.39 is 5.97 Å². The number of rotatable bonds is 4. The smallest absolute Gasteiger partial charge is 0.339 e. The molecule has 0 bridgehead atoms. The minimum Gasteiger partial charge on any atom is -0.459 e. The number of aromatic nitrogens is 4. The molecule has 0 atom stereocenters. The van der Waals surface area contributed by atoms with E-state index in [9.17, 15) is 9.59 Å². The fraction of sp³-hybridized carbons (Fsp3) is 0.357. The van der Waals surface area contributed by atoms with Gasteiger partial charge in [-0.3, -0.25) is 0 Å². The number of hydrogen-bond acceptors (Lipinski definition) is 7. The molecule has 1 aromatic heterocycles. The number of H-pyrrole nitrogens is 1. The number of tetrazole rings is 1. The van der Waals surface area contributed by atoms with Gasteiger partial charge in [-0.2, -0.15) is 10.2 Å². The first-order valence-corrected chi connectivity index (χ1v) is 6.94. The SMILES string of the molecule is O=C=Nc1ccc(C(=O)OC2CCCC2)c(-c2nn[nH]n2)c1. The van der Waals surface area contributed by atoms with E-state index in [4.69, 9.17) is 4.74 Å². The molecule has 8 nitrogen and oxygen atoms in total. The maximum atomic E-state index is 12.4. The van der Waals surface area contributed by atoms with Crippen LogP contribution in [0, 0.1) is 0 Å². The number of esters is 1. The zero-order chi connectivity index (χ0) is 15.4. The lowest BCUT2D eigenvalue weighted by Crippen LogP contribution is -2.15. The summed E-state index contributed by atoms with van der Waals surface area (Å²) < 4.78 is 5.50. The Kier molecular flexibility index (Phi) is 4.02. The van der Waals surface area contributed by atoms with Crippen molar-refractivity contribution in [2.45, 2.75) is 31.8 Å². The molecule has 112 valence electrons. The fourth-order valence-corrected chi connectivity index (χ4v) is 2.51. The Labute approximate surface area is 125 Å². The molecule has 2 aromatic rings. The second-order valence-electron chi connectivity index (χ2n) is 4.98. The molecule has 1 aliphatic rings. The largest absolute Gasteiger partial charge is 0.459 e. The van der Waals surface area contributed by atoms with Crippen LogP contribution in [-0.2, 0) is 9.53 Å². The van der Waals surface area contributed by atoms with Gasteiger partial charge in [-0.25, -0.2) is 9.59 Å². The molecule has 1 fully saturated rings. The van der Waals surface area contributed by atoms with Crippen molar-refractivity contribution < 1.29 is 14.3 Å². The van der Waals surface area contributed by atoms with E-state index in [1.807, 2.05) is 0 Å². The Morgan fingerprint density at radius 1 is 1.36 bits per heavy atom. The van der Waals surface area contributed by atoms with Gasteiger partial charge in [0.15, 0.2) is 0 Å². The Hall–Kier alpha value is -2.86. The first kappa shape index (κ1) is 14.1. The summed E-state index contributed by atoms with van der Waals surface area (Å²) in [6, 6.07) is 4.61. The summed E-state index contributed by atoms with van der Waals surface area (Å²) >= 11 is 0. The number of aliphatic imine (C=N–C) groups is 1. The van der Waals surface area contributed by atoms with Gasteiger partial charge in [-0.1, -0.05) is 0 Å². The summed E-state index contributed by atoms with van der Waals surface area (Å²) in [5, 5.41) is 13.5. The predicted octanol–water partition coefficient (Wildman–Crippen LogP) is 1.93. The third-order valence-corrected chi connectivity index (χ3v) is 3.56. The molecule has 8 heteroatoms. The lowest BCUT2D eigenvalue weighted by molar-refractivity contribution is 0.0319. The zero-order valence-electron chi connectivity index (χ0n) is 11.7. The van der Waals surface area contributed by atoms with Crippen LogP contribution in [0.4, 0.5) is 5.69 Å². The number of ether oxygens (including phenoxy) is 1. The quantitative estimate of drug-likeness (QED) is 0.524. The van der Waals surface area contributed by atoms with Crippen LogP contribution in [0.25, 0.3) is 11.4 Å².